The third-order valence-corrected chi connectivity index (χ3v) is 6.28. The largest absolute Gasteiger partial charge is 1.00 e. The smallest absolute Gasteiger partial charge is 0.465 e. The third-order valence-electron chi connectivity index (χ3n) is 5.06. The van der Waals surface area contributed by atoms with Crippen molar-refractivity contribution in [1.82, 2.24) is 0 Å². The van der Waals surface area contributed by atoms with Gasteiger partial charge in [-0.3, -0.25) is 4.79 Å². The summed E-state index contributed by atoms with van der Waals surface area (Å²) in [7, 11) is 2.71. The Morgan fingerprint density at radius 3 is 1.49 bits per heavy atom. The first-order valence-corrected chi connectivity index (χ1v) is 12.0. The summed E-state index contributed by atoms with van der Waals surface area (Å²) in [5.74, 6) is -0.130. The van der Waals surface area contributed by atoms with Crippen LogP contribution in [0.2, 0.25) is 0 Å². The van der Waals surface area contributed by atoms with Crippen LogP contribution in [0.5, 0.6) is 17.2 Å². The van der Waals surface area contributed by atoms with E-state index in [-0.39, 0.29) is 41.4 Å². The molecule has 2 aromatic carbocycles. The van der Waals surface area contributed by atoms with Gasteiger partial charge in [-0.05, 0) is 41.5 Å². The van der Waals surface area contributed by atoms with Crippen molar-refractivity contribution in [2.24, 2.45) is 0 Å². The van der Waals surface area contributed by atoms with E-state index in [1.165, 1.54) is 47.3 Å². The molecule has 7 nitrogen and oxygen atoms in total. The molecule has 4 unspecified atom stereocenters. The Morgan fingerprint density at radius 2 is 1.13 bits per heavy atom. The summed E-state index contributed by atoms with van der Waals surface area (Å²) in [4.78, 5) is 13.3. The van der Waals surface area contributed by atoms with Crippen LogP contribution in [0.1, 0.15) is 42.3 Å². The third kappa shape index (κ3) is 9.55. The summed E-state index contributed by atoms with van der Waals surface area (Å²) < 4.78 is 114. The van der Waals surface area contributed by atoms with E-state index in [0.29, 0.717) is 18.2 Å². The number of rotatable bonds is 12. The van der Waals surface area contributed by atoms with E-state index < -0.39 is 62.0 Å². The summed E-state index contributed by atoms with van der Waals surface area (Å²) >= 11 is 0. The van der Waals surface area contributed by atoms with E-state index >= 15 is 0 Å². The monoisotopic (exact) mass is 579 g/mol. The van der Waals surface area contributed by atoms with Gasteiger partial charge in [-0.1, -0.05) is 6.07 Å². The molecule has 0 aliphatic carbocycles. The maximum absolute atomic E-state index is 13.7. The van der Waals surface area contributed by atoms with Crippen molar-refractivity contribution < 1.29 is 78.4 Å². The number of methoxy groups -OCH3 is 3. The van der Waals surface area contributed by atoms with Crippen LogP contribution in [0.4, 0.5) is 26.3 Å². The zero-order valence-corrected chi connectivity index (χ0v) is 23.2. The van der Waals surface area contributed by atoms with Gasteiger partial charge in [-0.15, -0.1) is 0 Å². The van der Waals surface area contributed by atoms with Crippen molar-refractivity contribution in [1.29, 1.82) is 0 Å². The fraction of sp³-hybridized carbons (Fsp3) is 0.458. The molecular formula is C24H27F6LiO7P+. The van der Waals surface area contributed by atoms with Crippen molar-refractivity contribution in [3.8, 4) is 17.2 Å². The van der Waals surface area contributed by atoms with Crippen molar-refractivity contribution in [2.45, 2.75) is 52.0 Å². The van der Waals surface area contributed by atoms with E-state index in [0.717, 1.165) is 0 Å². The predicted octanol–water partition coefficient (Wildman–Crippen LogP) is 2.99. The standard InChI is InChI=1S/C24H27F6O7P.Li/c1-12(32-4)35-15-10-18(36-13(2)33-5)21(19(11-15)37-14(3)34-6)38-22(31)20-16(23(25,26)27)8-7-9-17(20)24(28,29)30;/h7-14,38H,1-6H3;/q;+1. The summed E-state index contributed by atoms with van der Waals surface area (Å²) in [6, 6.07) is 4.03. The average molecular weight is 579 g/mol. The maximum Gasteiger partial charge on any atom is 1.00 e. The summed E-state index contributed by atoms with van der Waals surface area (Å²) in [5, 5.41) is -0.120. The minimum atomic E-state index is -5.22. The molecule has 4 atom stereocenters. The zero-order valence-electron chi connectivity index (χ0n) is 22.2. The quantitative estimate of drug-likeness (QED) is 0.166. The normalized spacial score (nSPS) is 14.5. The van der Waals surface area contributed by atoms with Gasteiger partial charge in [0.15, 0.2) is 24.4 Å². The van der Waals surface area contributed by atoms with Gasteiger partial charge in [-0.2, -0.15) is 26.3 Å². The molecule has 0 fully saturated rings. The molecule has 0 amide bonds. The van der Waals surface area contributed by atoms with E-state index in [9.17, 15) is 31.1 Å². The second kappa shape index (κ2) is 14.6. The Balaban J connectivity index is 0.00000760. The number of carbonyl (C=O) groups is 1. The summed E-state index contributed by atoms with van der Waals surface area (Å²) in [6.07, 6.45) is -13.1. The Hall–Kier alpha value is -2.00. The van der Waals surface area contributed by atoms with Gasteiger partial charge >= 0.3 is 31.2 Å². The Kier molecular flexibility index (Phi) is 13.1. The fourth-order valence-corrected chi connectivity index (χ4v) is 4.21. The Bertz CT molecular complexity index is 1050. The number of alkyl halides is 6. The van der Waals surface area contributed by atoms with Gasteiger partial charge in [-0.25, -0.2) is 0 Å². The Morgan fingerprint density at radius 1 is 0.744 bits per heavy atom. The van der Waals surface area contributed by atoms with Crippen LogP contribution in [-0.2, 0) is 26.6 Å². The number of ether oxygens (including phenoxy) is 6. The number of carbonyl (C=O) groups excluding carboxylic acids is 1. The predicted molar refractivity (Wildman–Crippen MR) is 126 cm³/mol. The average Bonchev–Trinajstić information content (AvgIpc) is 2.83. The first-order chi connectivity index (χ1) is 17.6. The molecule has 15 heteroatoms. The second-order valence-corrected chi connectivity index (χ2v) is 8.94. The van der Waals surface area contributed by atoms with E-state index in [1.807, 2.05) is 0 Å². The fourth-order valence-electron chi connectivity index (χ4n) is 3.08. The number of hydrogen-bond donors (Lipinski definition) is 0. The zero-order chi connectivity index (χ0) is 28.8. The van der Waals surface area contributed by atoms with Crippen molar-refractivity contribution in [3.63, 3.8) is 0 Å². The molecule has 0 aromatic heterocycles. The molecule has 0 N–H and O–H groups in total. The van der Waals surface area contributed by atoms with Crippen LogP contribution < -0.4 is 38.4 Å². The van der Waals surface area contributed by atoms with Crippen molar-refractivity contribution in [3.05, 3.63) is 47.0 Å². The molecule has 212 valence electrons. The van der Waals surface area contributed by atoms with E-state index in [4.69, 9.17) is 28.4 Å². The number of hydrogen-bond acceptors (Lipinski definition) is 7. The van der Waals surface area contributed by atoms with Crippen LogP contribution in [0.15, 0.2) is 30.3 Å². The molecule has 39 heavy (non-hydrogen) atoms. The minimum absolute atomic E-state index is 0. The van der Waals surface area contributed by atoms with E-state index in [1.54, 1.807) is 6.92 Å². The molecule has 0 saturated carbocycles. The summed E-state index contributed by atoms with van der Waals surface area (Å²) in [5.41, 5.74) is -6.36. The topological polar surface area (TPSA) is 72.5 Å². The molecule has 2 rings (SSSR count). The molecule has 0 saturated heterocycles. The molecule has 0 aliphatic rings. The van der Waals surface area contributed by atoms with Crippen LogP contribution in [0, 0.1) is 0 Å². The first-order valence-electron chi connectivity index (χ1n) is 11.0. The maximum atomic E-state index is 13.7. The molecular weight excluding hydrogens is 552 g/mol. The van der Waals surface area contributed by atoms with Gasteiger partial charge in [0, 0.05) is 39.0 Å². The first kappa shape index (κ1) is 35.0. The van der Waals surface area contributed by atoms with Gasteiger partial charge in [0.1, 0.15) is 17.2 Å². The van der Waals surface area contributed by atoms with Gasteiger partial charge in [0.25, 0.3) is 0 Å². The SMILES string of the molecule is COC(C)Oc1cc(OC(C)OC)c(PC(=O)c2c(C(F)(F)F)cccc2C(F)(F)F)c(OC(C)OC)c1.[Li+]. The summed E-state index contributed by atoms with van der Waals surface area (Å²) in [6.45, 7) is 4.54. The van der Waals surface area contributed by atoms with Crippen molar-refractivity contribution in [2.75, 3.05) is 21.3 Å². The number of halogens is 6. The molecule has 0 aliphatic heterocycles. The molecule has 0 radical (unpaired) electrons. The molecule has 0 heterocycles. The molecule has 0 spiro atoms. The van der Waals surface area contributed by atoms with Crippen LogP contribution in [0.3, 0.4) is 0 Å². The van der Waals surface area contributed by atoms with Gasteiger partial charge in [0.05, 0.1) is 16.4 Å². The van der Waals surface area contributed by atoms with Crippen molar-refractivity contribution >= 4 is 19.4 Å². The van der Waals surface area contributed by atoms with Crippen LogP contribution in [-0.4, -0.2) is 45.7 Å². The van der Waals surface area contributed by atoms with Gasteiger partial charge < -0.3 is 28.4 Å². The number of benzene rings is 2. The molecule has 2 aromatic rings. The van der Waals surface area contributed by atoms with Crippen LogP contribution in [0.25, 0.3) is 0 Å². The Labute approximate surface area is 235 Å². The second-order valence-electron chi connectivity index (χ2n) is 7.74. The molecule has 0 bridgehead atoms. The minimum Gasteiger partial charge on any atom is -0.465 e. The van der Waals surface area contributed by atoms with E-state index in [2.05, 4.69) is 0 Å². The van der Waals surface area contributed by atoms with Gasteiger partial charge in [0.2, 0.25) is 0 Å². The van der Waals surface area contributed by atoms with Crippen LogP contribution >= 0.6 is 8.58 Å².